The molecule has 0 aliphatic carbocycles. The van der Waals surface area contributed by atoms with Gasteiger partial charge in [0.05, 0.1) is 4.75 Å². The third kappa shape index (κ3) is 10.5. The molecule has 32 heavy (non-hydrogen) atoms. The summed E-state index contributed by atoms with van der Waals surface area (Å²) in [5.41, 5.74) is 1.81. The molecular formula is C23H37N3O5S. The van der Waals surface area contributed by atoms with Crippen molar-refractivity contribution in [3.05, 3.63) is 28.2 Å². The van der Waals surface area contributed by atoms with Gasteiger partial charge in [0.15, 0.2) is 0 Å². The maximum absolute atomic E-state index is 12.3. The highest BCUT2D eigenvalue weighted by Gasteiger charge is 2.21. The Morgan fingerprint density at radius 3 is 2.47 bits per heavy atom. The standard InChI is InChI=1S/C23H37N3O5S/c1-16(2)18-14-19(17(3)13-20(18)30-12-11-26(6)7)31-22(28)10-8-9-21(27)24-15-23(4,5)32-25-29/h13-14,16H,8-12,15H2,1-7H3,(H,24,27). The van der Waals surface area contributed by atoms with Crippen LogP contribution < -0.4 is 14.8 Å². The van der Waals surface area contributed by atoms with Gasteiger partial charge in [0.1, 0.15) is 18.1 Å². The molecule has 0 bridgehead atoms. The van der Waals surface area contributed by atoms with Gasteiger partial charge in [-0.3, -0.25) is 9.59 Å². The first-order valence-electron chi connectivity index (χ1n) is 10.9. The Kier molecular flexibility index (Phi) is 11.7. The number of likely N-dealkylation sites (N-methyl/N-ethyl adjacent to an activating group) is 1. The van der Waals surface area contributed by atoms with E-state index in [2.05, 4.69) is 28.6 Å². The van der Waals surface area contributed by atoms with Gasteiger partial charge in [-0.2, -0.15) is 0 Å². The number of amides is 1. The summed E-state index contributed by atoms with van der Waals surface area (Å²) in [4.78, 5) is 36.7. The quantitative estimate of drug-likeness (QED) is 0.187. The molecule has 0 aliphatic rings. The zero-order valence-corrected chi connectivity index (χ0v) is 21.1. The Morgan fingerprint density at radius 1 is 1.19 bits per heavy atom. The number of esters is 1. The predicted octanol–water partition coefficient (Wildman–Crippen LogP) is 4.44. The van der Waals surface area contributed by atoms with E-state index >= 15 is 0 Å². The molecule has 1 amide bonds. The number of rotatable bonds is 14. The summed E-state index contributed by atoms with van der Waals surface area (Å²) in [5.74, 6) is 0.987. The summed E-state index contributed by atoms with van der Waals surface area (Å²) in [5, 5.41) is 2.76. The van der Waals surface area contributed by atoms with Crippen LogP contribution in [-0.2, 0) is 9.59 Å². The van der Waals surface area contributed by atoms with E-state index in [0.29, 0.717) is 25.3 Å². The molecule has 1 aromatic carbocycles. The fourth-order valence-electron chi connectivity index (χ4n) is 2.80. The smallest absolute Gasteiger partial charge is 0.311 e. The van der Waals surface area contributed by atoms with Gasteiger partial charge in [-0.25, -0.2) is 0 Å². The highest BCUT2D eigenvalue weighted by Crippen LogP contribution is 2.33. The number of nitroso groups, excluding NO2 is 1. The molecule has 1 N–H and O–H groups in total. The zero-order valence-electron chi connectivity index (χ0n) is 20.3. The lowest BCUT2D eigenvalue weighted by molar-refractivity contribution is -0.134. The summed E-state index contributed by atoms with van der Waals surface area (Å²) < 4.78 is 13.9. The van der Waals surface area contributed by atoms with Crippen molar-refractivity contribution in [2.75, 3.05) is 33.8 Å². The van der Waals surface area contributed by atoms with Gasteiger partial charge in [-0.1, -0.05) is 13.8 Å². The Hall–Kier alpha value is -2.13. The molecule has 9 heteroatoms. The van der Waals surface area contributed by atoms with Crippen molar-refractivity contribution in [1.29, 1.82) is 0 Å². The molecule has 0 saturated heterocycles. The molecule has 8 nitrogen and oxygen atoms in total. The normalized spacial score (nSPS) is 11.5. The first-order chi connectivity index (χ1) is 14.9. The van der Waals surface area contributed by atoms with Gasteiger partial charge < -0.3 is 19.7 Å². The minimum atomic E-state index is -0.468. The molecule has 0 heterocycles. The molecule has 0 atom stereocenters. The summed E-state index contributed by atoms with van der Waals surface area (Å²) in [6.45, 7) is 11.4. The molecular weight excluding hydrogens is 430 g/mol. The molecule has 0 radical (unpaired) electrons. The topological polar surface area (TPSA) is 97.3 Å². The number of benzene rings is 1. The predicted molar refractivity (Wildman–Crippen MR) is 129 cm³/mol. The van der Waals surface area contributed by atoms with Crippen LogP contribution in [-0.4, -0.2) is 55.3 Å². The van der Waals surface area contributed by atoms with Gasteiger partial charge in [0.2, 0.25) is 5.91 Å². The first-order valence-corrected chi connectivity index (χ1v) is 11.6. The number of ether oxygens (including phenoxy) is 2. The van der Waals surface area contributed by atoms with E-state index in [-0.39, 0.29) is 30.6 Å². The maximum atomic E-state index is 12.3. The van der Waals surface area contributed by atoms with Gasteiger partial charge in [0.25, 0.3) is 0 Å². The summed E-state index contributed by atoms with van der Waals surface area (Å²) in [6, 6.07) is 3.78. The zero-order chi connectivity index (χ0) is 24.3. The van der Waals surface area contributed by atoms with Gasteiger partial charge in [-0.15, -0.1) is 4.91 Å². The minimum absolute atomic E-state index is 0.138. The molecule has 180 valence electrons. The van der Waals surface area contributed by atoms with Crippen molar-refractivity contribution in [3.63, 3.8) is 0 Å². The van der Waals surface area contributed by atoms with Crippen LogP contribution in [0, 0.1) is 11.8 Å². The highest BCUT2D eigenvalue weighted by molar-refractivity contribution is 7.99. The number of aryl methyl sites for hydroxylation is 1. The van der Waals surface area contributed by atoms with E-state index in [9.17, 15) is 14.5 Å². The maximum Gasteiger partial charge on any atom is 0.311 e. The molecule has 0 spiro atoms. The van der Waals surface area contributed by atoms with E-state index in [4.69, 9.17) is 9.47 Å². The molecule has 1 rings (SSSR count). The van der Waals surface area contributed by atoms with E-state index in [1.54, 1.807) is 0 Å². The number of carbonyl (C=O) groups excluding carboxylic acids is 2. The minimum Gasteiger partial charge on any atom is -0.492 e. The van der Waals surface area contributed by atoms with Crippen LogP contribution in [0.2, 0.25) is 0 Å². The van der Waals surface area contributed by atoms with Gasteiger partial charge >= 0.3 is 5.97 Å². The lowest BCUT2D eigenvalue weighted by Crippen LogP contribution is -2.35. The third-order valence-corrected chi connectivity index (χ3v) is 5.44. The third-order valence-electron chi connectivity index (χ3n) is 4.73. The summed E-state index contributed by atoms with van der Waals surface area (Å²) >= 11 is 0.886. The molecule has 0 saturated carbocycles. The summed E-state index contributed by atoms with van der Waals surface area (Å²) in [7, 11) is 3.99. The van der Waals surface area contributed by atoms with Crippen molar-refractivity contribution in [1.82, 2.24) is 10.2 Å². The Labute approximate surface area is 195 Å². The SMILES string of the molecule is Cc1cc(OCCN(C)C)c(C(C)C)cc1OC(=O)CCCC(=O)NCC(C)(C)SN=O. The fraction of sp³-hybridized carbons (Fsp3) is 0.652. The van der Waals surface area contributed by atoms with Crippen LogP contribution in [0.15, 0.2) is 16.7 Å². The van der Waals surface area contributed by atoms with Crippen molar-refractivity contribution in [2.24, 2.45) is 4.58 Å². The van der Waals surface area contributed by atoms with Gasteiger partial charge in [0, 0.05) is 48.0 Å². The second-order valence-corrected chi connectivity index (χ2v) is 10.4. The largest absolute Gasteiger partial charge is 0.492 e. The van der Waals surface area contributed by atoms with Crippen LogP contribution >= 0.6 is 11.9 Å². The Bertz CT molecular complexity index is 781. The number of hydrogen-bond donors (Lipinski definition) is 1. The van der Waals surface area contributed by atoms with Crippen LogP contribution in [0.4, 0.5) is 0 Å². The molecule has 0 aliphatic heterocycles. The van der Waals surface area contributed by atoms with Crippen molar-refractivity contribution in [2.45, 2.75) is 64.5 Å². The number of nitrogens with zero attached hydrogens (tertiary/aromatic N) is 2. The molecule has 0 fully saturated rings. The van der Waals surface area contributed by atoms with Gasteiger partial charge in [-0.05, 0) is 64.9 Å². The first kappa shape index (κ1) is 27.9. The van der Waals surface area contributed by atoms with Crippen LogP contribution in [0.1, 0.15) is 64.0 Å². The van der Waals surface area contributed by atoms with E-state index in [0.717, 1.165) is 35.4 Å². The number of nitrogens with one attached hydrogen (secondary N) is 1. The molecule has 0 aromatic heterocycles. The number of hydrogen-bond acceptors (Lipinski definition) is 8. The molecule has 1 aromatic rings. The fourth-order valence-corrected chi connectivity index (χ4v) is 3.14. The van der Waals surface area contributed by atoms with Crippen LogP contribution in [0.25, 0.3) is 0 Å². The van der Waals surface area contributed by atoms with Crippen molar-refractivity contribution < 1.29 is 19.1 Å². The lowest BCUT2D eigenvalue weighted by atomic mass is 9.99. The van der Waals surface area contributed by atoms with Crippen molar-refractivity contribution >= 4 is 23.8 Å². The van der Waals surface area contributed by atoms with Crippen molar-refractivity contribution in [3.8, 4) is 11.5 Å². The van der Waals surface area contributed by atoms with Crippen LogP contribution in [0.5, 0.6) is 11.5 Å². The Balaban J connectivity index is 2.60. The number of carbonyl (C=O) groups is 2. The molecule has 0 unspecified atom stereocenters. The second kappa shape index (κ2) is 13.4. The lowest BCUT2D eigenvalue weighted by Gasteiger charge is -2.19. The van der Waals surface area contributed by atoms with E-state index in [1.807, 2.05) is 47.0 Å². The summed E-state index contributed by atoms with van der Waals surface area (Å²) in [6.07, 6.45) is 0.726. The highest BCUT2D eigenvalue weighted by atomic mass is 32.2. The average Bonchev–Trinajstić information content (AvgIpc) is 2.68. The second-order valence-electron chi connectivity index (χ2n) is 8.99. The van der Waals surface area contributed by atoms with E-state index < -0.39 is 4.75 Å². The monoisotopic (exact) mass is 467 g/mol. The van der Waals surface area contributed by atoms with E-state index in [1.165, 1.54) is 0 Å². The Morgan fingerprint density at radius 2 is 1.88 bits per heavy atom. The van der Waals surface area contributed by atoms with Crippen LogP contribution in [0.3, 0.4) is 0 Å². The average molecular weight is 468 g/mol.